The van der Waals surface area contributed by atoms with Crippen LogP contribution >= 0.6 is 0 Å². The van der Waals surface area contributed by atoms with E-state index < -0.39 is 4.92 Å². The lowest BCUT2D eigenvalue weighted by Gasteiger charge is -2.32. The molecule has 0 aliphatic carbocycles. The number of anilines is 1. The average Bonchev–Trinajstić information content (AvgIpc) is 2.47. The molecule has 6 nitrogen and oxygen atoms in total. The van der Waals surface area contributed by atoms with Crippen LogP contribution in [0.15, 0.2) is 18.2 Å². The molecule has 0 amide bonds. The minimum atomic E-state index is -0.441. The van der Waals surface area contributed by atoms with Crippen LogP contribution in [0.25, 0.3) is 0 Å². The summed E-state index contributed by atoms with van der Waals surface area (Å²) in [5.74, 6) is 0. The van der Waals surface area contributed by atoms with Crippen molar-refractivity contribution in [3.8, 4) is 6.07 Å². The van der Waals surface area contributed by atoms with Crippen LogP contribution in [0, 0.1) is 21.4 Å². The maximum atomic E-state index is 11.1. The van der Waals surface area contributed by atoms with Gasteiger partial charge in [0, 0.05) is 18.7 Å². The molecule has 1 aliphatic rings. The number of hydrogen-bond donors (Lipinski definition) is 1. The molecule has 1 aliphatic heterocycles. The molecule has 0 saturated carbocycles. The van der Waals surface area contributed by atoms with Crippen molar-refractivity contribution in [2.75, 3.05) is 25.0 Å². The van der Waals surface area contributed by atoms with Gasteiger partial charge in [-0.3, -0.25) is 10.1 Å². The first-order valence-corrected chi connectivity index (χ1v) is 6.81. The van der Waals surface area contributed by atoms with Crippen molar-refractivity contribution in [3.05, 3.63) is 33.9 Å². The van der Waals surface area contributed by atoms with Crippen molar-refractivity contribution >= 4 is 11.4 Å². The number of rotatable bonds is 4. The topological polar surface area (TPSA) is 82.2 Å². The fourth-order valence-electron chi connectivity index (χ4n) is 2.55. The van der Waals surface area contributed by atoms with Gasteiger partial charge in [0.1, 0.15) is 5.69 Å². The molecule has 1 aromatic rings. The number of likely N-dealkylation sites (tertiary alicyclic amines) is 1. The highest BCUT2D eigenvalue weighted by Gasteiger charge is 2.22. The van der Waals surface area contributed by atoms with Crippen LogP contribution in [-0.2, 0) is 0 Å². The maximum Gasteiger partial charge on any atom is 0.293 e. The molecular weight excluding hydrogens is 256 g/mol. The van der Waals surface area contributed by atoms with Gasteiger partial charge in [-0.15, -0.1) is 0 Å². The van der Waals surface area contributed by atoms with Crippen molar-refractivity contribution in [2.24, 2.45) is 0 Å². The second-order valence-corrected chi connectivity index (χ2v) is 4.98. The van der Waals surface area contributed by atoms with E-state index in [0.717, 1.165) is 32.5 Å². The summed E-state index contributed by atoms with van der Waals surface area (Å²) in [6.07, 6.45) is 2.10. The van der Waals surface area contributed by atoms with E-state index in [1.165, 1.54) is 6.07 Å². The summed E-state index contributed by atoms with van der Waals surface area (Å²) < 4.78 is 0. The molecule has 106 valence electrons. The quantitative estimate of drug-likeness (QED) is 0.673. The Hall–Kier alpha value is -2.13. The van der Waals surface area contributed by atoms with Gasteiger partial charge in [0.2, 0.25) is 0 Å². The first-order chi connectivity index (χ1) is 9.63. The van der Waals surface area contributed by atoms with Crippen molar-refractivity contribution < 1.29 is 4.92 Å². The fraction of sp³-hybridized carbons (Fsp3) is 0.500. The maximum absolute atomic E-state index is 11.1. The molecule has 1 heterocycles. The lowest BCUT2D eigenvalue weighted by atomic mass is 10.0. The third-order valence-electron chi connectivity index (χ3n) is 3.64. The van der Waals surface area contributed by atoms with Gasteiger partial charge in [0.25, 0.3) is 5.69 Å². The Morgan fingerprint density at radius 3 is 3.05 bits per heavy atom. The summed E-state index contributed by atoms with van der Waals surface area (Å²) >= 11 is 0. The van der Waals surface area contributed by atoms with Crippen LogP contribution in [0.5, 0.6) is 0 Å². The van der Waals surface area contributed by atoms with Gasteiger partial charge in [-0.1, -0.05) is 6.92 Å². The number of benzene rings is 1. The molecule has 1 saturated heterocycles. The second-order valence-electron chi connectivity index (χ2n) is 4.98. The molecule has 1 unspecified atom stereocenters. The lowest BCUT2D eigenvalue weighted by molar-refractivity contribution is -0.384. The summed E-state index contributed by atoms with van der Waals surface area (Å²) in [5, 5.41) is 23.2. The molecule has 2 rings (SSSR count). The number of nitrogens with zero attached hydrogens (tertiary/aromatic N) is 3. The van der Waals surface area contributed by atoms with Gasteiger partial charge in [0.05, 0.1) is 16.6 Å². The zero-order valence-corrected chi connectivity index (χ0v) is 11.5. The first-order valence-electron chi connectivity index (χ1n) is 6.81. The lowest BCUT2D eigenvalue weighted by Crippen LogP contribution is -2.41. The van der Waals surface area contributed by atoms with Crippen LogP contribution < -0.4 is 5.32 Å². The average molecular weight is 274 g/mol. The second kappa shape index (κ2) is 6.35. The molecule has 0 spiro atoms. The molecule has 20 heavy (non-hydrogen) atoms. The molecule has 1 N–H and O–H groups in total. The number of likely N-dealkylation sites (N-methyl/N-ethyl adjacent to an activating group) is 1. The van der Waals surface area contributed by atoms with Crippen molar-refractivity contribution in [1.82, 2.24) is 4.90 Å². The molecule has 6 heteroatoms. The summed E-state index contributed by atoms with van der Waals surface area (Å²) in [6, 6.07) is 6.70. The molecule has 1 aromatic carbocycles. The van der Waals surface area contributed by atoms with Gasteiger partial charge >= 0.3 is 0 Å². The number of piperidine rings is 1. The van der Waals surface area contributed by atoms with E-state index in [1.807, 2.05) is 6.07 Å². The monoisotopic (exact) mass is 274 g/mol. The van der Waals surface area contributed by atoms with Gasteiger partial charge < -0.3 is 10.2 Å². The number of nitrogens with one attached hydrogen (secondary N) is 1. The van der Waals surface area contributed by atoms with Gasteiger partial charge in [-0.2, -0.15) is 5.26 Å². The number of nitro groups is 1. The third kappa shape index (κ3) is 3.25. The fourth-order valence-corrected chi connectivity index (χ4v) is 2.55. The number of nitro benzene ring substituents is 1. The van der Waals surface area contributed by atoms with Crippen LogP contribution in [0.1, 0.15) is 25.3 Å². The Bertz CT molecular complexity index is 538. The minimum Gasteiger partial charge on any atom is -0.375 e. The van der Waals surface area contributed by atoms with E-state index >= 15 is 0 Å². The summed E-state index contributed by atoms with van der Waals surface area (Å²) in [6.45, 7) is 5.10. The largest absolute Gasteiger partial charge is 0.375 e. The Morgan fingerprint density at radius 1 is 1.60 bits per heavy atom. The van der Waals surface area contributed by atoms with Crippen LogP contribution in [0.2, 0.25) is 0 Å². The predicted octanol–water partition coefficient (Wildman–Crippen LogP) is 2.36. The number of hydrogen-bond acceptors (Lipinski definition) is 5. The van der Waals surface area contributed by atoms with Crippen molar-refractivity contribution in [2.45, 2.75) is 25.8 Å². The molecule has 0 bridgehead atoms. The third-order valence-corrected chi connectivity index (χ3v) is 3.64. The van der Waals surface area contributed by atoms with Gasteiger partial charge in [-0.25, -0.2) is 0 Å². The van der Waals surface area contributed by atoms with Crippen LogP contribution in [-0.4, -0.2) is 35.5 Å². The molecule has 0 aromatic heterocycles. The Balaban J connectivity index is 2.16. The Labute approximate surface area is 118 Å². The summed E-state index contributed by atoms with van der Waals surface area (Å²) in [5.41, 5.74) is 0.774. The zero-order chi connectivity index (χ0) is 14.5. The SMILES string of the molecule is CCN1CCCC(Nc2ccc(C#N)cc2[N+](=O)[O-])C1. The van der Waals surface area contributed by atoms with Crippen molar-refractivity contribution in [3.63, 3.8) is 0 Å². The van der Waals surface area contributed by atoms with E-state index in [4.69, 9.17) is 5.26 Å². The summed E-state index contributed by atoms with van der Waals surface area (Å²) in [7, 11) is 0. The Kier molecular flexibility index (Phi) is 4.53. The zero-order valence-electron chi connectivity index (χ0n) is 11.5. The first kappa shape index (κ1) is 14.3. The number of nitriles is 1. The standard InChI is InChI=1S/C14H18N4O2/c1-2-17-7-3-4-12(10-17)16-13-6-5-11(9-15)8-14(13)18(19)20/h5-6,8,12,16H,2-4,7,10H2,1H3. The molecule has 1 fully saturated rings. The highest BCUT2D eigenvalue weighted by atomic mass is 16.6. The molecule has 0 radical (unpaired) electrons. The van der Waals surface area contributed by atoms with E-state index in [0.29, 0.717) is 11.3 Å². The van der Waals surface area contributed by atoms with Crippen LogP contribution in [0.4, 0.5) is 11.4 Å². The molecular formula is C14H18N4O2. The highest BCUT2D eigenvalue weighted by Crippen LogP contribution is 2.27. The van der Waals surface area contributed by atoms with E-state index in [1.54, 1.807) is 12.1 Å². The molecule has 1 atom stereocenters. The predicted molar refractivity (Wildman–Crippen MR) is 76.6 cm³/mol. The van der Waals surface area contributed by atoms with E-state index in [2.05, 4.69) is 17.1 Å². The van der Waals surface area contributed by atoms with E-state index in [-0.39, 0.29) is 11.7 Å². The van der Waals surface area contributed by atoms with Gasteiger partial charge in [-0.05, 0) is 38.1 Å². The smallest absolute Gasteiger partial charge is 0.293 e. The normalized spacial score (nSPS) is 19.3. The van der Waals surface area contributed by atoms with E-state index in [9.17, 15) is 10.1 Å². The van der Waals surface area contributed by atoms with Crippen LogP contribution in [0.3, 0.4) is 0 Å². The summed E-state index contributed by atoms with van der Waals surface area (Å²) in [4.78, 5) is 13.0. The Morgan fingerprint density at radius 2 is 2.40 bits per heavy atom. The highest BCUT2D eigenvalue weighted by molar-refractivity contribution is 5.64. The minimum absolute atomic E-state index is 0.0299. The van der Waals surface area contributed by atoms with Crippen molar-refractivity contribution in [1.29, 1.82) is 5.26 Å². The van der Waals surface area contributed by atoms with Gasteiger partial charge in [0.15, 0.2) is 0 Å².